The smallest absolute Gasteiger partial charge is 0.247 e. The Morgan fingerprint density at radius 3 is 2.58 bits per heavy atom. The number of fused-ring (bicyclic) bond motifs is 1. The Morgan fingerprint density at radius 1 is 1.30 bits per heavy atom. The Labute approximate surface area is 198 Å². The van der Waals surface area contributed by atoms with Crippen LogP contribution in [0.3, 0.4) is 0 Å². The van der Waals surface area contributed by atoms with E-state index in [9.17, 15) is 18.3 Å². The number of nitrogens with zero attached hydrogens (tertiary/aromatic N) is 2. The Morgan fingerprint density at radius 2 is 2.00 bits per heavy atom. The van der Waals surface area contributed by atoms with Crippen LogP contribution in [0.25, 0.3) is 0 Å². The van der Waals surface area contributed by atoms with Gasteiger partial charge < -0.3 is 14.7 Å². The molecular formula is C25H36N2O5S. The Balaban J connectivity index is 2.01. The molecule has 33 heavy (non-hydrogen) atoms. The fraction of sp³-hybridized carbons (Fsp3) is 0.640. The summed E-state index contributed by atoms with van der Waals surface area (Å²) in [6, 6.07) is 4.30. The molecule has 1 aromatic rings. The summed E-state index contributed by atoms with van der Waals surface area (Å²) in [5, 5.41) is 9.75. The number of amides is 1. The first kappa shape index (κ1) is 25.5. The fourth-order valence-corrected chi connectivity index (χ4v) is 5.90. The van der Waals surface area contributed by atoms with Crippen LogP contribution < -0.4 is 4.74 Å². The van der Waals surface area contributed by atoms with Gasteiger partial charge in [-0.3, -0.25) is 4.79 Å². The zero-order valence-electron chi connectivity index (χ0n) is 20.2. The van der Waals surface area contributed by atoms with Gasteiger partial charge in [0.2, 0.25) is 15.9 Å². The van der Waals surface area contributed by atoms with Crippen molar-refractivity contribution >= 4 is 15.9 Å². The third kappa shape index (κ3) is 5.71. The predicted octanol–water partition coefficient (Wildman–Crippen LogP) is 2.72. The average molecular weight is 477 g/mol. The number of ether oxygens (including phenoxy) is 1. The van der Waals surface area contributed by atoms with Gasteiger partial charge in [-0.2, -0.15) is 4.31 Å². The van der Waals surface area contributed by atoms with Crippen molar-refractivity contribution in [2.75, 3.05) is 26.7 Å². The van der Waals surface area contributed by atoms with Crippen molar-refractivity contribution in [1.29, 1.82) is 0 Å². The highest BCUT2D eigenvalue weighted by atomic mass is 32.2. The zero-order valence-corrected chi connectivity index (χ0v) is 21.1. The molecule has 0 unspecified atom stereocenters. The molecule has 1 fully saturated rings. The molecule has 1 aromatic carbocycles. The maximum absolute atomic E-state index is 13.5. The molecule has 1 N–H and O–H groups in total. The van der Waals surface area contributed by atoms with Crippen LogP contribution in [0.1, 0.15) is 52.5 Å². The van der Waals surface area contributed by atoms with Crippen LogP contribution in [-0.2, 0) is 14.8 Å². The highest BCUT2D eigenvalue weighted by Crippen LogP contribution is 2.34. The second-order valence-electron chi connectivity index (χ2n) is 9.67. The topological polar surface area (TPSA) is 87.2 Å². The summed E-state index contributed by atoms with van der Waals surface area (Å²) < 4.78 is 34.7. The molecule has 0 saturated heterocycles. The van der Waals surface area contributed by atoms with E-state index in [-0.39, 0.29) is 47.5 Å². The maximum Gasteiger partial charge on any atom is 0.247 e. The largest absolute Gasteiger partial charge is 0.487 e. The standard InChI is InChI=1S/C25H36N2O5S/c1-17(2)9-10-20-11-12-24-22(13-20)32-23(15-26(5)25(29)21-7-6-8-21)18(3)14-27(19(4)16-28)33(24,30)31/h11-13,17-19,21,23,28H,6-8,14-16H2,1-5H3/t18-,19+,23-/m0/s1. The van der Waals surface area contributed by atoms with Crippen molar-refractivity contribution in [3.05, 3.63) is 23.8 Å². The number of rotatable bonds is 5. The SMILES string of the molecule is CC(C)C#Cc1ccc2c(c1)O[C@@H](CN(C)C(=O)C1CCC1)[C@@H](C)CN([C@H](C)CO)S2(=O)=O. The average Bonchev–Trinajstić information content (AvgIpc) is 2.72. The van der Waals surface area contributed by atoms with E-state index in [1.165, 1.54) is 10.4 Å². The first-order chi connectivity index (χ1) is 15.5. The van der Waals surface area contributed by atoms with Gasteiger partial charge in [-0.15, -0.1) is 0 Å². The number of sulfonamides is 1. The molecule has 3 rings (SSSR count). The molecule has 8 heteroatoms. The van der Waals surface area contributed by atoms with Crippen LogP contribution in [0, 0.1) is 29.6 Å². The first-order valence-electron chi connectivity index (χ1n) is 11.7. The molecule has 1 aliphatic heterocycles. The third-order valence-electron chi connectivity index (χ3n) is 6.46. The highest BCUT2D eigenvalue weighted by molar-refractivity contribution is 7.89. The number of aliphatic hydroxyl groups excluding tert-OH is 1. The molecule has 0 aromatic heterocycles. The van der Waals surface area contributed by atoms with Gasteiger partial charge in [0.05, 0.1) is 13.2 Å². The van der Waals surface area contributed by atoms with Gasteiger partial charge in [0.1, 0.15) is 16.7 Å². The summed E-state index contributed by atoms with van der Waals surface area (Å²) in [5.41, 5.74) is 0.672. The van der Waals surface area contributed by atoms with Crippen molar-refractivity contribution in [2.24, 2.45) is 17.8 Å². The molecule has 1 amide bonds. The van der Waals surface area contributed by atoms with Crippen molar-refractivity contribution in [2.45, 2.75) is 64.0 Å². The summed E-state index contributed by atoms with van der Waals surface area (Å²) >= 11 is 0. The Kier molecular flexibility index (Phi) is 8.09. The van der Waals surface area contributed by atoms with Crippen molar-refractivity contribution in [1.82, 2.24) is 9.21 Å². The van der Waals surface area contributed by atoms with Crippen molar-refractivity contribution in [3.8, 4) is 17.6 Å². The van der Waals surface area contributed by atoms with E-state index in [1.807, 2.05) is 20.8 Å². The van der Waals surface area contributed by atoms with Crippen LogP contribution >= 0.6 is 0 Å². The van der Waals surface area contributed by atoms with Gasteiger partial charge in [-0.1, -0.05) is 39.0 Å². The fourth-order valence-electron chi connectivity index (χ4n) is 4.08. The molecule has 1 aliphatic carbocycles. The molecule has 0 bridgehead atoms. The summed E-state index contributed by atoms with van der Waals surface area (Å²) in [6.07, 6.45) is 2.52. The van der Waals surface area contributed by atoms with E-state index in [1.54, 1.807) is 31.0 Å². The summed E-state index contributed by atoms with van der Waals surface area (Å²) in [4.78, 5) is 14.5. The van der Waals surface area contributed by atoms with Gasteiger partial charge in [-0.25, -0.2) is 8.42 Å². The van der Waals surface area contributed by atoms with Gasteiger partial charge in [0.15, 0.2) is 0 Å². The molecule has 1 saturated carbocycles. The first-order valence-corrected chi connectivity index (χ1v) is 13.2. The number of benzene rings is 1. The summed E-state index contributed by atoms with van der Waals surface area (Å²) in [6.45, 7) is 7.85. The number of hydrogen-bond donors (Lipinski definition) is 1. The van der Waals surface area contributed by atoms with E-state index in [2.05, 4.69) is 11.8 Å². The van der Waals surface area contributed by atoms with Crippen LogP contribution in [0.5, 0.6) is 5.75 Å². The molecule has 7 nitrogen and oxygen atoms in total. The lowest BCUT2D eigenvalue weighted by Crippen LogP contribution is -2.50. The normalized spacial score (nSPS) is 23.7. The molecular weight excluding hydrogens is 440 g/mol. The summed E-state index contributed by atoms with van der Waals surface area (Å²) in [5.74, 6) is 6.57. The van der Waals surface area contributed by atoms with E-state index in [4.69, 9.17) is 4.74 Å². The van der Waals surface area contributed by atoms with Crippen molar-refractivity contribution in [3.63, 3.8) is 0 Å². The van der Waals surface area contributed by atoms with E-state index >= 15 is 0 Å². The quantitative estimate of drug-likeness (QED) is 0.661. The minimum atomic E-state index is -3.89. The van der Waals surface area contributed by atoms with E-state index in [0.29, 0.717) is 12.1 Å². The third-order valence-corrected chi connectivity index (χ3v) is 8.48. The van der Waals surface area contributed by atoms with E-state index < -0.39 is 22.2 Å². The zero-order chi connectivity index (χ0) is 24.3. The molecule has 1 heterocycles. The van der Waals surface area contributed by atoms with E-state index in [0.717, 1.165) is 19.3 Å². The van der Waals surface area contributed by atoms with Crippen LogP contribution in [-0.4, -0.2) is 67.5 Å². The lowest BCUT2D eigenvalue weighted by atomic mass is 9.84. The van der Waals surface area contributed by atoms with Crippen LogP contribution in [0.4, 0.5) is 0 Å². The Bertz CT molecular complexity index is 1020. The van der Waals surface area contributed by atoms with Crippen LogP contribution in [0.15, 0.2) is 23.1 Å². The van der Waals surface area contributed by atoms with Gasteiger partial charge >= 0.3 is 0 Å². The minimum Gasteiger partial charge on any atom is -0.487 e. The number of carbonyl (C=O) groups is 1. The molecule has 0 spiro atoms. The lowest BCUT2D eigenvalue weighted by molar-refractivity contribution is -0.138. The molecule has 182 valence electrons. The number of carbonyl (C=O) groups excluding carboxylic acids is 1. The van der Waals surface area contributed by atoms with Gasteiger partial charge in [0, 0.05) is 43.0 Å². The second-order valence-corrected chi connectivity index (χ2v) is 11.5. The highest BCUT2D eigenvalue weighted by Gasteiger charge is 2.39. The number of aliphatic hydroxyl groups is 1. The Hall–Kier alpha value is -2.08. The summed E-state index contributed by atoms with van der Waals surface area (Å²) in [7, 11) is -2.11. The van der Waals surface area contributed by atoms with Crippen molar-refractivity contribution < 1.29 is 23.1 Å². The van der Waals surface area contributed by atoms with Gasteiger partial charge in [0.25, 0.3) is 0 Å². The molecule has 0 radical (unpaired) electrons. The lowest BCUT2D eigenvalue weighted by Gasteiger charge is -2.38. The number of likely N-dealkylation sites (N-methyl/N-ethyl adjacent to an activating group) is 1. The number of hydrogen-bond acceptors (Lipinski definition) is 5. The van der Waals surface area contributed by atoms with Gasteiger partial charge in [-0.05, 0) is 38.0 Å². The monoisotopic (exact) mass is 476 g/mol. The molecule has 3 atom stereocenters. The predicted molar refractivity (Wildman–Crippen MR) is 127 cm³/mol. The van der Waals surface area contributed by atoms with Crippen LogP contribution in [0.2, 0.25) is 0 Å². The minimum absolute atomic E-state index is 0.0581. The molecule has 2 aliphatic rings. The maximum atomic E-state index is 13.5. The second kappa shape index (κ2) is 10.5.